The van der Waals surface area contributed by atoms with E-state index in [4.69, 9.17) is 15.4 Å². The molecule has 0 aliphatic heterocycles. The number of aromatic nitrogens is 1. The summed E-state index contributed by atoms with van der Waals surface area (Å²) in [7, 11) is 0. The summed E-state index contributed by atoms with van der Waals surface area (Å²) < 4.78 is 45.3. The smallest absolute Gasteiger partial charge is 0.417 e. The van der Waals surface area contributed by atoms with E-state index in [0.29, 0.717) is 0 Å². The van der Waals surface area contributed by atoms with Crippen LogP contribution in [0.1, 0.15) is 11.1 Å². The molecule has 2 N–H and O–H groups in total. The second kappa shape index (κ2) is 5.74. The van der Waals surface area contributed by atoms with Crippen LogP contribution >= 0.6 is 0 Å². The Kier molecular flexibility index (Phi) is 3.73. The van der Waals surface area contributed by atoms with Gasteiger partial charge in [0.25, 0.3) is 0 Å². The van der Waals surface area contributed by atoms with Crippen molar-refractivity contribution in [2.24, 2.45) is 0 Å². The molecule has 0 bridgehead atoms. The van der Waals surface area contributed by atoms with Gasteiger partial charge in [-0.1, -0.05) is 18.2 Å². The Labute approximate surface area is 135 Å². The molecule has 1 aromatic carbocycles. The quantitative estimate of drug-likeness (QED) is 0.752. The monoisotopic (exact) mass is 329 g/mol. The molecule has 4 nitrogen and oxygen atoms in total. The average Bonchev–Trinajstić information content (AvgIpc) is 3.08. The van der Waals surface area contributed by atoms with Gasteiger partial charge in [0.1, 0.15) is 17.6 Å². The normalized spacial score (nSPS) is 11.2. The van der Waals surface area contributed by atoms with Gasteiger partial charge in [-0.3, -0.25) is 0 Å². The van der Waals surface area contributed by atoms with Crippen LogP contribution in [-0.4, -0.2) is 4.98 Å². The topological polar surface area (TPSA) is 75.8 Å². The number of furan rings is 1. The van der Waals surface area contributed by atoms with Crippen LogP contribution in [0.5, 0.6) is 0 Å². The molecular weight excluding hydrogens is 319 g/mol. The number of halogens is 3. The molecule has 0 amide bonds. The predicted octanol–water partition coefficient (Wildman–Crippen LogP) is 4.48. The highest BCUT2D eigenvalue weighted by atomic mass is 19.4. The lowest BCUT2D eigenvalue weighted by Crippen LogP contribution is -2.08. The van der Waals surface area contributed by atoms with E-state index in [1.165, 1.54) is 30.5 Å². The molecule has 3 aromatic rings. The second-order valence-electron chi connectivity index (χ2n) is 4.95. The molecule has 7 heteroatoms. The number of anilines is 1. The molecule has 0 radical (unpaired) electrons. The third-order valence-electron chi connectivity index (χ3n) is 3.45. The Hall–Kier alpha value is -3.27. The summed E-state index contributed by atoms with van der Waals surface area (Å²) in [4.78, 5) is 4.08. The number of nitrogens with zero attached hydrogens (tertiary/aromatic N) is 2. The first-order valence-electron chi connectivity index (χ1n) is 6.83. The second-order valence-corrected chi connectivity index (χ2v) is 4.95. The van der Waals surface area contributed by atoms with Crippen molar-refractivity contribution in [3.63, 3.8) is 0 Å². The first-order chi connectivity index (χ1) is 11.4. The maximum absolute atomic E-state index is 13.3. The van der Waals surface area contributed by atoms with Crippen LogP contribution in [0.3, 0.4) is 0 Å². The minimum atomic E-state index is -4.55. The van der Waals surface area contributed by atoms with Crippen molar-refractivity contribution in [3.8, 4) is 28.7 Å². The third-order valence-corrected chi connectivity index (χ3v) is 3.45. The number of pyridine rings is 1. The maximum Gasteiger partial charge on any atom is 0.417 e. The van der Waals surface area contributed by atoms with Crippen molar-refractivity contribution in [3.05, 3.63) is 59.9 Å². The van der Waals surface area contributed by atoms with Crippen LogP contribution in [0, 0.1) is 11.3 Å². The molecule has 0 fully saturated rings. The molecule has 0 unspecified atom stereocenters. The van der Waals surface area contributed by atoms with Crippen molar-refractivity contribution in [1.82, 2.24) is 4.98 Å². The van der Waals surface area contributed by atoms with Crippen molar-refractivity contribution in [1.29, 1.82) is 5.26 Å². The summed E-state index contributed by atoms with van der Waals surface area (Å²) in [6.45, 7) is 0. The SMILES string of the molecule is N#Cc1cc(-c2ccccc2C(F)(F)F)c(-c2ccco2)nc1N. The number of rotatable bonds is 2. The number of benzene rings is 1. The highest BCUT2D eigenvalue weighted by molar-refractivity contribution is 5.83. The van der Waals surface area contributed by atoms with Gasteiger partial charge in [-0.2, -0.15) is 18.4 Å². The number of alkyl halides is 3. The zero-order chi connectivity index (χ0) is 17.3. The minimum absolute atomic E-state index is 0.00252. The first kappa shape index (κ1) is 15.6. The molecule has 0 atom stereocenters. The van der Waals surface area contributed by atoms with E-state index < -0.39 is 11.7 Å². The minimum Gasteiger partial charge on any atom is -0.463 e. The average molecular weight is 329 g/mol. The molecule has 0 aliphatic rings. The molecule has 120 valence electrons. The Balaban J connectivity index is 2.35. The van der Waals surface area contributed by atoms with E-state index in [0.717, 1.165) is 6.07 Å². The van der Waals surface area contributed by atoms with Crippen LogP contribution < -0.4 is 5.73 Å². The zero-order valence-corrected chi connectivity index (χ0v) is 12.1. The molecule has 3 rings (SSSR count). The summed E-state index contributed by atoms with van der Waals surface area (Å²) in [5.74, 6) is 0.190. The summed E-state index contributed by atoms with van der Waals surface area (Å²) >= 11 is 0. The number of hydrogen-bond donors (Lipinski definition) is 1. The van der Waals surface area contributed by atoms with E-state index >= 15 is 0 Å². The Bertz CT molecular complexity index is 925. The fourth-order valence-electron chi connectivity index (χ4n) is 2.39. The maximum atomic E-state index is 13.3. The number of nitrogens with two attached hydrogens (primary N) is 1. The predicted molar refractivity (Wildman–Crippen MR) is 81.5 cm³/mol. The first-order valence-corrected chi connectivity index (χ1v) is 6.83. The highest BCUT2D eigenvalue weighted by Gasteiger charge is 2.34. The molecule has 0 saturated heterocycles. The van der Waals surface area contributed by atoms with Gasteiger partial charge in [-0.15, -0.1) is 0 Å². The molecule has 24 heavy (non-hydrogen) atoms. The van der Waals surface area contributed by atoms with Gasteiger partial charge >= 0.3 is 6.18 Å². The van der Waals surface area contributed by atoms with Crippen LogP contribution in [-0.2, 0) is 6.18 Å². The fourth-order valence-corrected chi connectivity index (χ4v) is 2.39. The van der Waals surface area contributed by atoms with Crippen LogP contribution in [0.25, 0.3) is 22.6 Å². The lowest BCUT2D eigenvalue weighted by molar-refractivity contribution is -0.137. The van der Waals surface area contributed by atoms with E-state index in [9.17, 15) is 13.2 Å². The van der Waals surface area contributed by atoms with Gasteiger partial charge in [0.05, 0.1) is 17.4 Å². The standard InChI is InChI=1S/C17H10F3N3O/c18-17(19,20)13-5-2-1-4-11(13)12-8-10(9-21)16(22)23-15(12)14-6-3-7-24-14/h1-8H,(H2,22,23). The Morgan fingerprint density at radius 2 is 1.83 bits per heavy atom. The summed E-state index contributed by atoms with van der Waals surface area (Å²) in [6.07, 6.45) is -3.17. The Morgan fingerprint density at radius 1 is 1.08 bits per heavy atom. The third kappa shape index (κ3) is 2.70. The van der Waals surface area contributed by atoms with E-state index in [-0.39, 0.29) is 34.0 Å². The number of hydrogen-bond acceptors (Lipinski definition) is 4. The lowest BCUT2D eigenvalue weighted by atomic mass is 9.95. The van der Waals surface area contributed by atoms with Gasteiger partial charge in [0.15, 0.2) is 5.76 Å². The molecule has 0 spiro atoms. The number of nitriles is 1. The summed E-state index contributed by atoms with van der Waals surface area (Å²) in [5, 5.41) is 9.12. The molecule has 0 aliphatic carbocycles. The zero-order valence-electron chi connectivity index (χ0n) is 12.1. The van der Waals surface area contributed by atoms with Crippen LogP contribution in [0.15, 0.2) is 53.1 Å². The van der Waals surface area contributed by atoms with E-state index in [1.54, 1.807) is 12.1 Å². The number of nitrogen functional groups attached to an aromatic ring is 1. The highest BCUT2D eigenvalue weighted by Crippen LogP contribution is 2.41. The fraction of sp³-hybridized carbons (Fsp3) is 0.0588. The summed E-state index contributed by atoms with van der Waals surface area (Å²) in [6, 6.07) is 11.4. The van der Waals surface area contributed by atoms with Crippen LogP contribution in [0.2, 0.25) is 0 Å². The van der Waals surface area contributed by atoms with Crippen LogP contribution in [0.4, 0.5) is 19.0 Å². The van der Waals surface area contributed by atoms with Crippen molar-refractivity contribution >= 4 is 5.82 Å². The van der Waals surface area contributed by atoms with Gasteiger partial charge < -0.3 is 10.2 Å². The molecule has 0 saturated carbocycles. The van der Waals surface area contributed by atoms with E-state index in [2.05, 4.69) is 4.98 Å². The van der Waals surface area contributed by atoms with Gasteiger partial charge in [0.2, 0.25) is 0 Å². The molecule has 2 heterocycles. The van der Waals surface area contributed by atoms with E-state index in [1.807, 2.05) is 6.07 Å². The van der Waals surface area contributed by atoms with Crippen molar-refractivity contribution < 1.29 is 17.6 Å². The largest absolute Gasteiger partial charge is 0.463 e. The molecular formula is C17H10F3N3O. The lowest BCUT2D eigenvalue weighted by Gasteiger charge is -2.15. The van der Waals surface area contributed by atoms with Gasteiger partial charge in [0, 0.05) is 5.56 Å². The summed E-state index contributed by atoms with van der Waals surface area (Å²) in [5.41, 5.74) is 5.06. The molecule has 2 aromatic heterocycles. The van der Waals surface area contributed by atoms with Crippen molar-refractivity contribution in [2.75, 3.05) is 5.73 Å². The van der Waals surface area contributed by atoms with Gasteiger partial charge in [-0.05, 0) is 29.8 Å². The van der Waals surface area contributed by atoms with Gasteiger partial charge in [-0.25, -0.2) is 4.98 Å². The van der Waals surface area contributed by atoms with Crippen molar-refractivity contribution in [2.45, 2.75) is 6.18 Å². The Morgan fingerprint density at radius 3 is 2.46 bits per heavy atom.